The molecule has 0 saturated heterocycles. The van der Waals surface area contributed by atoms with Gasteiger partial charge in [-0.15, -0.1) is 0 Å². The van der Waals surface area contributed by atoms with Crippen LogP contribution in [0.4, 0.5) is 0 Å². The molecule has 0 fully saturated rings. The van der Waals surface area contributed by atoms with Gasteiger partial charge in [0.15, 0.2) is 11.2 Å². The van der Waals surface area contributed by atoms with Crippen molar-refractivity contribution in [2.24, 2.45) is 0 Å². The summed E-state index contributed by atoms with van der Waals surface area (Å²) in [6.07, 6.45) is 1.75. The second-order valence-corrected chi connectivity index (χ2v) is 10.7. The van der Waals surface area contributed by atoms with E-state index in [9.17, 15) is 0 Å². The summed E-state index contributed by atoms with van der Waals surface area (Å²) in [5, 5.41) is 8.85. The van der Waals surface area contributed by atoms with E-state index in [2.05, 4.69) is 90.7 Å². The predicted molar refractivity (Wildman–Crippen MR) is 167 cm³/mol. The van der Waals surface area contributed by atoms with E-state index in [1.807, 2.05) is 30.3 Å². The summed E-state index contributed by atoms with van der Waals surface area (Å²) >= 11 is 0. The molecule has 0 saturated carbocycles. The number of aromatic nitrogens is 1. The molecule has 0 bridgehead atoms. The summed E-state index contributed by atoms with van der Waals surface area (Å²) in [5.74, 6) is 0. The lowest BCUT2D eigenvalue weighted by atomic mass is 9.98. The van der Waals surface area contributed by atoms with Crippen LogP contribution in [0.2, 0.25) is 0 Å². The van der Waals surface area contributed by atoms with Crippen molar-refractivity contribution in [3.8, 4) is 11.1 Å². The van der Waals surface area contributed by atoms with Gasteiger partial charge in [-0.2, -0.15) is 0 Å². The van der Waals surface area contributed by atoms with Gasteiger partial charge in [0.2, 0.25) is 0 Å². The van der Waals surface area contributed by atoms with E-state index in [-0.39, 0.29) is 0 Å². The molecule has 3 heteroatoms. The quantitative estimate of drug-likeness (QED) is 0.219. The van der Waals surface area contributed by atoms with E-state index in [4.69, 9.17) is 8.83 Å². The van der Waals surface area contributed by atoms with Crippen LogP contribution in [0.15, 0.2) is 118 Å². The van der Waals surface area contributed by atoms with Crippen molar-refractivity contribution in [3.63, 3.8) is 0 Å². The molecule has 0 radical (unpaired) electrons. The molecule has 0 unspecified atom stereocenters. The number of aryl methyl sites for hydroxylation is 1. The van der Waals surface area contributed by atoms with E-state index < -0.39 is 0 Å². The van der Waals surface area contributed by atoms with Gasteiger partial charge < -0.3 is 13.2 Å². The van der Waals surface area contributed by atoms with Crippen LogP contribution in [0.3, 0.4) is 0 Å². The molecule has 9 rings (SSSR count). The topological polar surface area (TPSA) is 30.7 Å². The van der Waals surface area contributed by atoms with Crippen LogP contribution in [-0.4, -0.2) is 4.40 Å². The maximum atomic E-state index is 6.61. The van der Waals surface area contributed by atoms with Crippen LogP contribution in [0, 0.1) is 6.92 Å². The maximum absolute atomic E-state index is 6.61. The van der Waals surface area contributed by atoms with E-state index in [1.165, 1.54) is 38.4 Å². The molecule has 0 aliphatic carbocycles. The summed E-state index contributed by atoms with van der Waals surface area (Å²) in [7, 11) is 0. The Hall–Kier alpha value is -5.28. The van der Waals surface area contributed by atoms with Crippen molar-refractivity contribution >= 4 is 77.6 Å². The fourth-order valence-electron chi connectivity index (χ4n) is 6.54. The smallest absolute Gasteiger partial charge is 0.160 e. The minimum atomic E-state index is 0.808. The SMILES string of the molecule is C=c1ccccoc2c1ccc1c3cc(-c4ccc(C)cc4)cc4c5ccc6c7ccccc7oc6c5n(c34)c12. The molecule has 40 heavy (non-hydrogen) atoms. The molecule has 0 aliphatic rings. The number of hydrogen-bond donors (Lipinski definition) is 0. The van der Waals surface area contributed by atoms with E-state index in [1.54, 1.807) is 6.26 Å². The van der Waals surface area contributed by atoms with Gasteiger partial charge in [0.1, 0.15) is 5.58 Å². The van der Waals surface area contributed by atoms with Crippen molar-refractivity contribution in [3.05, 3.63) is 120 Å². The molecule has 4 heterocycles. The summed E-state index contributed by atoms with van der Waals surface area (Å²) in [6, 6.07) is 36.4. The van der Waals surface area contributed by atoms with Gasteiger partial charge in [-0.05, 0) is 59.7 Å². The molecule has 9 aromatic rings. The Balaban J connectivity index is 1.60. The average molecular weight is 514 g/mol. The molecule has 5 aromatic carbocycles. The van der Waals surface area contributed by atoms with Gasteiger partial charge in [-0.25, -0.2) is 0 Å². The molecule has 4 aromatic heterocycles. The normalized spacial score (nSPS) is 12.2. The van der Waals surface area contributed by atoms with E-state index in [0.29, 0.717) is 0 Å². The van der Waals surface area contributed by atoms with E-state index in [0.717, 1.165) is 54.5 Å². The number of para-hydroxylation sites is 1. The van der Waals surface area contributed by atoms with Gasteiger partial charge in [0.05, 0.1) is 22.8 Å². The molecule has 0 amide bonds. The van der Waals surface area contributed by atoms with Crippen molar-refractivity contribution in [1.82, 2.24) is 4.40 Å². The molecule has 3 nitrogen and oxygen atoms in total. The average Bonchev–Trinajstić information content (AvgIpc) is 3.62. The van der Waals surface area contributed by atoms with Gasteiger partial charge in [0, 0.05) is 37.7 Å². The van der Waals surface area contributed by atoms with E-state index >= 15 is 0 Å². The first-order chi connectivity index (χ1) is 19.7. The second kappa shape index (κ2) is 7.64. The third-order valence-electron chi connectivity index (χ3n) is 8.42. The number of furan rings is 1. The largest absolute Gasteiger partial charge is 0.462 e. The first-order valence-corrected chi connectivity index (χ1v) is 13.5. The summed E-state index contributed by atoms with van der Waals surface area (Å²) in [4.78, 5) is 0. The molecule has 188 valence electrons. The lowest BCUT2D eigenvalue weighted by molar-refractivity contribution is 0.608. The van der Waals surface area contributed by atoms with Crippen LogP contribution >= 0.6 is 0 Å². The molecule has 0 aliphatic heterocycles. The fraction of sp³-hybridized carbons (Fsp3) is 0.0270. The lowest BCUT2D eigenvalue weighted by Gasteiger charge is -2.05. The zero-order valence-electron chi connectivity index (χ0n) is 21.9. The molecule has 0 N–H and O–H groups in total. The zero-order chi connectivity index (χ0) is 26.5. The highest BCUT2D eigenvalue weighted by Crippen LogP contribution is 2.46. The predicted octanol–water partition coefficient (Wildman–Crippen LogP) is 9.71. The highest BCUT2D eigenvalue weighted by Gasteiger charge is 2.24. The number of benzene rings is 5. The highest BCUT2D eigenvalue weighted by atomic mass is 16.3. The van der Waals surface area contributed by atoms with Crippen LogP contribution in [0.25, 0.3) is 88.7 Å². The standard InChI is InChI=1S/C37H23NO2/c1-21-10-12-23(13-11-21)24-19-30-27-15-14-25-22(2)7-5-6-18-39-36(25)34(27)38-33(30)31(20-24)28-16-17-29-26-8-3-4-9-32(26)40-37(29)35(28)38/h3-20H,2H2,1H3. The number of hydrogen-bond acceptors (Lipinski definition) is 2. The maximum Gasteiger partial charge on any atom is 0.160 e. The zero-order valence-corrected chi connectivity index (χ0v) is 21.9. The monoisotopic (exact) mass is 513 g/mol. The first kappa shape index (κ1) is 21.6. The number of fused-ring (bicyclic) bond motifs is 12. The molecule has 0 atom stereocenters. The molecular weight excluding hydrogens is 490 g/mol. The Morgan fingerprint density at radius 1 is 0.550 bits per heavy atom. The lowest BCUT2D eigenvalue weighted by Crippen LogP contribution is -1.96. The molecular formula is C37H23NO2. The Labute approximate surface area is 228 Å². The van der Waals surface area contributed by atoms with Crippen LogP contribution in [0.1, 0.15) is 5.56 Å². The highest BCUT2D eigenvalue weighted by molar-refractivity contribution is 6.30. The van der Waals surface area contributed by atoms with Crippen molar-refractivity contribution in [2.45, 2.75) is 6.92 Å². The molecule has 0 spiro atoms. The summed E-state index contributed by atoms with van der Waals surface area (Å²) in [5.41, 5.74) is 9.51. The van der Waals surface area contributed by atoms with Gasteiger partial charge in [-0.1, -0.05) is 78.9 Å². The van der Waals surface area contributed by atoms with Crippen LogP contribution in [0.5, 0.6) is 0 Å². The minimum absolute atomic E-state index is 0.808. The van der Waals surface area contributed by atoms with Gasteiger partial charge >= 0.3 is 0 Å². The third-order valence-corrected chi connectivity index (χ3v) is 8.42. The van der Waals surface area contributed by atoms with Crippen LogP contribution in [-0.2, 0) is 0 Å². The fourth-order valence-corrected chi connectivity index (χ4v) is 6.54. The first-order valence-electron chi connectivity index (χ1n) is 13.5. The Bertz CT molecular complexity index is 2560. The number of nitrogens with zero attached hydrogens (tertiary/aromatic N) is 1. The Morgan fingerprint density at radius 3 is 2.02 bits per heavy atom. The van der Waals surface area contributed by atoms with Crippen molar-refractivity contribution in [1.29, 1.82) is 0 Å². The van der Waals surface area contributed by atoms with Crippen LogP contribution < -0.4 is 5.22 Å². The van der Waals surface area contributed by atoms with Gasteiger partial charge in [-0.3, -0.25) is 0 Å². The van der Waals surface area contributed by atoms with Gasteiger partial charge in [0.25, 0.3) is 0 Å². The Kier molecular flexibility index (Phi) is 4.13. The third kappa shape index (κ3) is 2.73. The number of rotatable bonds is 1. The second-order valence-electron chi connectivity index (χ2n) is 10.7. The summed E-state index contributed by atoms with van der Waals surface area (Å²) < 4.78 is 15.4. The summed E-state index contributed by atoms with van der Waals surface area (Å²) in [6.45, 7) is 6.47. The minimum Gasteiger partial charge on any atom is -0.462 e. The van der Waals surface area contributed by atoms with Crippen molar-refractivity contribution < 1.29 is 8.83 Å². The van der Waals surface area contributed by atoms with Crippen molar-refractivity contribution in [2.75, 3.05) is 0 Å². The Morgan fingerprint density at radius 2 is 1.23 bits per heavy atom.